The van der Waals surface area contributed by atoms with Gasteiger partial charge in [0.25, 0.3) is 0 Å². The van der Waals surface area contributed by atoms with Crippen molar-refractivity contribution < 1.29 is 14.3 Å². The van der Waals surface area contributed by atoms with Gasteiger partial charge in [-0.25, -0.2) is 0 Å². The standard InChI is InChI=1S/C19H31N3O3/c1-13-14(2)20-22(15(13)3)10-7-18(23)21-11-9-19(25-5)8-6-16(24-4)12-17(19)21/h16-17H,6-12H2,1-5H3/t16-,17-,19+/m0/s1. The highest BCUT2D eigenvalue weighted by atomic mass is 16.5. The van der Waals surface area contributed by atoms with Crippen molar-refractivity contribution in [1.29, 1.82) is 0 Å². The van der Waals surface area contributed by atoms with E-state index in [0.717, 1.165) is 43.6 Å². The fourth-order valence-corrected chi connectivity index (χ4v) is 4.52. The molecule has 1 aliphatic carbocycles. The Kier molecular flexibility index (Phi) is 5.21. The largest absolute Gasteiger partial charge is 0.381 e. The molecule has 1 aliphatic heterocycles. The maximum absolute atomic E-state index is 12.9. The highest BCUT2D eigenvalue weighted by molar-refractivity contribution is 5.77. The van der Waals surface area contributed by atoms with Gasteiger partial charge in [0.15, 0.2) is 0 Å². The van der Waals surface area contributed by atoms with E-state index < -0.39 is 0 Å². The van der Waals surface area contributed by atoms with E-state index in [1.54, 1.807) is 14.2 Å². The molecule has 1 amide bonds. The van der Waals surface area contributed by atoms with Gasteiger partial charge < -0.3 is 14.4 Å². The fourth-order valence-electron chi connectivity index (χ4n) is 4.52. The van der Waals surface area contributed by atoms with Crippen LogP contribution < -0.4 is 0 Å². The predicted molar refractivity (Wildman–Crippen MR) is 95.6 cm³/mol. The minimum absolute atomic E-state index is 0.130. The van der Waals surface area contributed by atoms with E-state index in [2.05, 4.69) is 18.9 Å². The number of aryl methyl sites for hydroxylation is 2. The van der Waals surface area contributed by atoms with E-state index in [1.165, 1.54) is 5.56 Å². The summed E-state index contributed by atoms with van der Waals surface area (Å²) in [6, 6.07) is 0.130. The van der Waals surface area contributed by atoms with Crippen LogP contribution in [0.3, 0.4) is 0 Å². The Morgan fingerprint density at radius 2 is 2.04 bits per heavy atom. The van der Waals surface area contributed by atoms with Gasteiger partial charge in [0, 0.05) is 39.4 Å². The molecule has 2 aliphatic rings. The number of amides is 1. The lowest BCUT2D eigenvalue weighted by atomic mass is 9.79. The summed E-state index contributed by atoms with van der Waals surface area (Å²) in [5, 5.41) is 4.55. The van der Waals surface area contributed by atoms with Crippen LogP contribution in [0.2, 0.25) is 0 Å². The lowest BCUT2D eigenvalue weighted by Gasteiger charge is -2.43. The van der Waals surface area contributed by atoms with Crippen molar-refractivity contribution in [2.75, 3.05) is 20.8 Å². The third-order valence-corrected chi connectivity index (χ3v) is 6.48. The Labute approximate surface area is 150 Å². The minimum Gasteiger partial charge on any atom is -0.381 e. The summed E-state index contributed by atoms with van der Waals surface area (Å²) in [4.78, 5) is 15.0. The first-order valence-corrected chi connectivity index (χ1v) is 9.30. The van der Waals surface area contributed by atoms with Gasteiger partial charge in [-0.05, 0) is 52.0 Å². The van der Waals surface area contributed by atoms with E-state index in [-0.39, 0.29) is 23.7 Å². The van der Waals surface area contributed by atoms with Crippen LogP contribution in [0.5, 0.6) is 0 Å². The molecule has 0 unspecified atom stereocenters. The van der Waals surface area contributed by atoms with Crippen molar-refractivity contribution in [3.8, 4) is 0 Å². The fraction of sp³-hybridized carbons (Fsp3) is 0.789. The summed E-state index contributed by atoms with van der Waals surface area (Å²) in [5.41, 5.74) is 3.22. The quantitative estimate of drug-likeness (QED) is 0.819. The Bertz CT molecular complexity index is 642. The predicted octanol–water partition coefficient (Wildman–Crippen LogP) is 2.38. The summed E-state index contributed by atoms with van der Waals surface area (Å²) < 4.78 is 13.4. The maximum atomic E-state index is 12.9. The molecule has 0 aromatic carbocycles. The zero-order valence-electron chi connectivity index (χ0n) is 16.2. The van der Waals surface area contributed by atoms with Gasteiger partial charge >= 0.3 is 0 Å². The number of rotatable bonds is 5. The third-order valence-electron chi connectivity index (χ3n) is 6.48. The Morgan fingerprint density at radius 3 is 2.64 bits per heavy atom. The van der Waals surface area contributed by atoms with Crippen LogP contribution in [-0.2, 0) is 20.8 Å². The smallest absolute Gasteiger partial charge is 0.224 e. The molecule has 0 spiro atoms. The number of hydrogen-bond acceptors (Lipinski definition) is 4. The van der Waals surface area contributed by atoms with Crippen LogP contribution in [0.25, 0.3) is 0 Å². The number of methoxy groups -OCH3 is 2. The number of carbonyl (C=O) groups excluding carboxylic acids is 1. The first-order valence-electron chi connectivity index (χ1n) is 9.30. The topological polar surface area (TPSA) is 56.6 Å². The minimum atomic E-state index is -0.181. The number of likely N-dealkylation sites (tertiary alicyclic amines) is 1. The molecule has 0 bridgehead atoms. The molecule has 2 fully saturated rings. The van der Waals surface area contributed by atoms with E-state index in [4.69, 9.17) is 9.47 Å². The number of ether oxygens (including phenoxy) is 2. The molecule has 25 heavy (non-hydrogen) atoms. The number of hydrogen-bond donors (Lipinski definition) is 0. The van der Waals surface area contributed by atoms with E-state index in [0.29, 0.717) is 13.0 Å². The summed E-state index contributed by atoms with van der Waals surface area (Å²) in [6.45, 7) is 7.58. The summed E-state index contributed by atoms with van der Waals surface area (Å²) >= 11 is 0. The number of carbonyl (C=O) groups is 1. The Morgan fingerprint density at radius 1 is 1.28 bits per heavy atom. The summed E-state index contributed by atoms with van der Waals surface area (Å²) in [7, 11) is 3.55. The van der Waals surface area contributed by atoms with Crippen molar-refractivity contribution in [3.05, 3.63) is 17.0 Å². The van der Waals surface area contributed by atoms with Crippen LogP contribution >= 0.6 is 0 Å². The van der Waals surface area contributed by atoms with E-state index in [9.17, 15) is 4.79 Å². The number of fused-ring (bicyclic) bond motifs is 1. The summed E-state index contributed by atoms with van der Waals surface area (Å²) in [5.74, 6) is 0.200. The molecular formula is C19H31N3O3. The molecule has 140 valence electrons. The average Bonchev–Trinajstić information content (AvgIpc) is 3.12. The first kappa shape index (κ1) is 18.4. The summed E-state index contributed by atoms with van der Waals surface area (Å²) in [6.07, 6.45) is 4.47. The molecule has 1 aromatic heterocycles. The molecule has 1 saturated heterocycles. The van der Waals surface area contributed by atoms with Gasteiger partial charge in [-0.1, -0.05) is 0 Å². The zero-order valence-corrected chi connectivity index (χ0v) is 16.2. The number of aromatic nitrogens is 2. The van der Waals surface area contributed by atoms with Gasteiger partial charge in [-0.2, -0.15) is 5.10 Å². The molecule has 3 atom stereocenters. The van der Waals surface area contributed by atoms with Crippen molar-refractivity contribution in [1.82, 2.24) is 14.7 Å². The molecule has 1 saturated carbocycles. The highest BCUT2D eigenvalue weighted by Crippen LogP contribution is 2.43. The maximum Gasteiger partial charge on any atom is 0.224 e. The lowest BCUT2D eigenvalue weighted by molar-refractivity contribution is -0.141. The van der Waals surface area contributed by atoms with Gasteiger partial charge in [0.05, 0.1) is 23.4 Å². The molecule has 1 aromatic rings. The van der Waals surface area contributed by atoms with Crippen LogP contribution in [-0.4, -0.2) is 59.1 Å². The van der Waals surface area contributed by atoms with Crippen LogP contribution in [0.15, 0.2) is 0 Å². The van der Waals surface area contributed by atoms with Gasteiger partial charge in [0.2, 0.25) is 5.91 Å². The van der Waals surface area contributed by atoms with Crippen LogP contribution in [0, 0.1) is 20.8 Å². The molecule has 3 rings (SSSR count). The second-order valence-electron chi connectivity index (χ2n) is 7.52. The SMILES string of the molecule is CO[C@H]1CC[C@@]2(OC)CCN(C(=O)CCn3nc(C)c(C)c3C)[C@H]2C1. The molecule has 0 radical (unpaired) electrons. The number of nitrogens with zero attached hydrogens (tertiary/aromatic N) is 3. The second kappa shape index (κ2) is 7.08. The first-order chi connectivity index (χ1) is 11.9. The van der Waals surface area contributed by atoms with Crippen molar-refractivity contribution in [2.24, 2.45) is 0 Å². The lowest BCUT2D eigenvalue weighted by Crippen LogP contribution is -2.53. The Balaban J connectivity index is 1.68. The monoisotopic (exact) mass is 349 g/mol. The molecule has 6 nitrogen and oxygen atoms in total. The van der Waals surface area contributed by atoms with Gasteiger partial charge in [-0.3, -0.25) is 9.48 Å². The Hall–Kier alpha value is -1.40. The third kappa shape index (κ3) is 3.22. The van der Waals surface area contributed by atoms with Crippen molar-refractivity contribution in [3.63, 3.8) is 0 Å². The van der Waals surface area contributed by atoms with Crippen LogP contribution in [0.1, 0.15) is 49.1 Å². The highest BCUT2D eigenvalue weighted by Gasteiger charge is 2.52. The van der Waals surface area contributed by atoms with Gasteiger partial charge in [0.1, 0.15) is 0 Å². The van der Waals surface area contributed by atoms with Crippen molar-refractivity contribution in [2.45, 2.75) is 77.2 Å². The van der Waals surface area contributed by atoms with E-state index in [1.807, 2.05) is 16.5 Å². The van der Waals surface area contributed by atoms with Crippen molar-refractivity contribution >= 4 is 5.91 Å². The van der Waals surface area contributed by atoms with Crippen LogP contribution in [0.4, 0.5) is 0 Å². The van der Waals surface area contributed by atoms with E-state index >= 15 is 0 Å². The average molecular weight is 349 g/mol. The zero-order chi connectivity index (χ0) is 18.2. The normalized spacial score (nSPS) is 29.1. The molecule has 6 heteroatoms. The molecule has 0 N–H and O–H groups in total. The molecule has 2 heterocycles. The second-order valence-corrected chi connectivity index (χ2v) is 7.52. The van der Waals surface area contributed by atoms with Gasteiger partial charge in [-0.15, -0.1) is 0 Å². The molecular weight excluding hydrogens is 318 g/mol.